The van der Waals surface area contributed by atoms with Crippen molar-refractivity contribution in [3.05, 3.63) is 35.9 Å². The van der Waals surface area contributed by atoms with Crippen molar-refractivity contribution in [1.29, 1.82) is 0 Å². The van der Waals surface area contributed by atoms with E-state index in [2.05, 4.69) is 36.6 Å². The van der Waals surface area contributed by atoms with E-state index < -0.39 is 6.04 Å². The van der Waals surface area contributed by atoms with Gasteiger partial charge in [0.1, 0.15) is 0 Å². The number of rotatable bonds is 5. The highest BCUT2D eigenvalue weighted by Crippen LogP contribution is 2.16. The Hall–Kier alpha value is -1.68. The van der Waals surface area contributed by atoms with Crippen LogP contribution in [-0.2, 0) is 16.0 Å². The van der Waals surface area contributed by atoms with Gasteiger partial charge in [-0.1, -0.05) is 30.3 Å². The Morgan fingerprint density at radius 2 is 1.95 bits per heavy atom. The molecular weight excluding hydrogens is 240 g/mol. The maximum atomic E-state index is 11.5. The Bertz CT molecular complexity index is 468. The predicted octanol–water partition coefficient (Wildman–Crippen LogP) is 1.40. The number of aryl methyl sites for hydroxylation is 1. The van der Waals surface area contributed by atoms with Crippen LogP contribution >= 0.6 is 0 Å². The topological polar surface area (TPSA) is 58.2 Å². The van der Waals surface area contributed by atoms with Crippen molar-refractivity contribution in [3.63, 3.8) is 0 Å². The summed E-state index contributed by atoms with van der Waals surface area (Å²) in [7, 11) is 0. The zero-order chi connectivity index (χ0) is 13.9. The fourth-order valence-corrected chi connectivity index (χ4v) is 2.32. The molecule has 4 heteroatoms. The Balaban J connectivity index is 1.88. The maximum Gasteiger partial charge on any atom is 0.244 e. The summed E-state index contributed by atoms with van der Waals surface area (Å²) in [6.07, 6.45) is 2.10. The van der Waals surface area contributed by atoms with Gasteiger partial charge in [-0.15, -0.1) is 0 Å². The standard InChI is InChI=1S/C15H20N2O2/c1-15(2,9-8-11-6-4-3-5-7-11)17-12-10-13(18)16-14(12)19/h3-7,12,17H,8-10H2,1-2H3,(H,16,18,19). The summed E-state index contributed by atoms with van der Waals surface area (Å²) in [6, 6.07) is 9.86. The van der Waals surface area contributed by atoms with Crippen molar-refractivity contribution in [2.45, 2.75) is 44.7 Å². The van der Waals surface area contributed by atoms with Crippen LogP contribution in [0.25, 0.3) is 0 Å². The molecule has 2 amide bonds. The first-order valence-electron chi connectivity index (χ1n) is 6.62. The van der Waals surface area contributed by atoms with Gasteiger partial charge in [-0.05, 0) is 32.3 Å². The SMILES string of the molecule is CC(C)(CCc1ccccc1)NC1CC(=O)NC1=O. The summed E-state index contributed by atoms with van der Waals surface area (Å²) >= 11 is 0. The summed E-state index contributed by atoms with van der Waals surface area (Å²) in [5.41, 5.74) is 1.10. The molecule has 0 bridgehead atoms. The minimum atomic E-state index is -0.390. The van der Waals surface area contributed by atoms with E-state index in [1.165, 1.54) is 5.56 Å². The van der Waals surface area contributed by atoms with Crippen molar-refractivity contribution in [2.24, 2.45) is 0 Å². The number of nitrogens with one attached hydrogen (secondary N) is 2. The molecule has 0 saturated carbocycles. The van der Waals surface area contributed by atoms with Crippen molar-refractivity contribution in [3.8, 4) is 0 Å². The second-order valence-corrected chi connectivity index (χ2v) is 5.68. The van der Waals surface area contributed by atoms with Crippen LogP contribution in [0.5, 0.6) is 0 Å². The molecular formula is C15H20N2O2. The third-order valence-electron chi connectivity index (χ3n) is 3.42. The van der Waals surface area contributed by atoms with Crippen LogP contribution in [0, 0.1) is 0 Å². The molecule has 0 spiro atoms. The van der Waals surface area contributed by atoms with Crippen LogP contribution in [0.15, 0.2) is 30.3 Å². The van der Waals surface area contributed by atoms with Gasteiger partial charge in [0.25, 0.3) is 0 Å². The molecule has 1 aliphatic heterocycles. The van der Waals surface area contributed by atoms with Crippen LogP contribution in [0.1, 0.15) is 32.3 Å². The molecule has 0 aliphatic carbocycles. The van der Waals surface area contributed by atoms with Gasteiger partial charge in [0.15, 0.2) is 0 Å². The number of hydrogen-bond acceptors (Lipinski definition) is 3. The van der Waals surface area contributed by atoms with Crippen molar-refractivity contribution >= 4 is 11.8 Å². The quantitative estimate of drug-likeness (QED) is 0.787. The zero-order valence-corrected chi connectivity index (χ0v) is 11.4. The van der Waals surface area contributed by atoms with Gasteiger partial charge in [-0.2, -0.15) is 0 Å². The fraction of sp³-hybridized carbons (Fsp3) is 0.467. The average Bonchev–Trinajstić information content (AvgIpc) is 2.66. The molecule has 1 atom stereocenters. The van der Waals surface area contributed by atoms with E-state index in [4.69, 9.17) is 0 Å². The van der Waals surface area contributed by atoms with Crippen LogP contribution in [0.2, 0.25) is 0 Å². The molecule has 1 aliphatic rings. The van der Waals surface area contributed by atoms with E-state index in [1.54, 1.807) is 0 Å². The molecule has 1 heterocycles. The number of amides is 2. The normalized spacial score (nSPS) is 19.6. The monoisotopic (exact) mass is 260 g/mol. The molecule has 0 radical (unpaired) electrons. The van der Waals surface area contributed by atoms with Crippen LogP contribution in [0.4, 0.5) is 0 Å². The molecule has 2 rings (SSSR count). The van der Waals surface area contributed by atoms with Crippen LogP contribution < -0.4 is 10.6 Å². The Kier molecular flexibility index (Phi) is 4.00. The lowest BCUT2D eigenvalue weighted by Crippen LogP contribution is -2.49. The summed E-state index contributed by atoms with van der Waals surface area (Å²) < 4.78 is 0. The largest absolute Gasteiger partial charge is 0.300 e. The molecule has 102 valence electrons. The summed E-state index contributed by atoms with van der Waals surface area (Å²) in [5.74, 6) is -0.404. The Labute approximate surface area is 113 Å². The van der Waals surface area contributed by atoms with Gasteiger partial charge in [0.2, 0.25) is 11.8 Å². The maximum absolute atomic E-state index is 11.5. The van der Waals surface area contributed by atoms with Crippen molar-refractivity contribution in [1.82, 2.24) is 10.6 Å². The number of benzene rings is 1. The highest BCUT2D eigenvalue weighted by atomic mass is 16.2. The minimum Gasteiger partial charge on any atom is -0.300 e. The predicted molar refractivity (Wildman–Crippen MR) is 73.5 cm³/mol. The highest BCUT2D eigenvalue weighted by Gasteiger charge is 2.34. The second-order valence-electron chi connectivity index (χ2n) is 5.68. The highest BCUT2D eigenvalue weighted by molar-refractivity contribution is 6.05. The average molecular weight is 260 g/mol. The first kappa shape index (κ1) is 13.7. The summed E-state index contributed by atoms with van der Waals surface area (Å²) in [6.45, 7) is 4.12. The van der Waals surface area contributed by atoms with Gasteiger partial charge >= 0.3 is 0 Å². The first-order chi connectivity index (χ1) is 8.96. The van der Waals surface area contributed by atoms with Gasteiger partial charge in [-0.3, -0.25) is 14.9 Å². The molecule has 1 saturated heterocycles. The number of imide groups is 1. The third-order valence-corrected chi connectivity index (χ3v) is 3.42. The first-order valence-corrected chi connectivity index (χ1v) is 6.62. The molecule has 4 nitrogen and oxygen atoms in total. The van der Waals surface area contributed by atoms with E-state index in [-0.39, 0.29) is 23.8 Å². The molecule has 1 fully saturated rings. The number of hydrogen-bond donors (Lipinski definition) is 2. The van der Waals surface area contributed by atoms with E-state index >= 15 is 0 Å². The number of carbonyl (C=O) groups excluding carboxylic acids is 2. The van der Waals surface area contributed by atoms with Crippen LogP contribution in [-0.4, -0.2) is 23.4 Å². The smallest absolute Gasteiger partial charge is 0.244 e. The van der Waals surface area contributed by atoms with Gasteiger partial charge in [0.05, 0.1) is 12.5 Å². The van der Waals surface area contributed by atoms with Gasteiger partial charge < -0.3 is 5.32 Å². The van der Waals surface area contributed by atoms with Gasteiger partial charge in [-0.25, -0.2) is 0 Å². The lowest BCUT2D eigenvalue weighted by Gasteiger charge is -2.29. The minimum absolute atomic E-state index is 0.178. The molecule has 2 N–H and O–H groups in total. The molecule has 19 heavy (non-hydrogen) atoms. The fourth-order valence-electron chi connectivity index (χ4n) is 2.32. The number of carbonyl (C=O) groups is 2. The molecule has 0 aromatic heterocycles. The third kappa shape index (κ3) is 3.89. The summed E-state index contributed by atoms with van der Waals surface area (Å²) in [5, 5.41) is 5.60. The Morgan fingerprint density at radius 3 is 2.53 bits per heavy atom. The van der Waals surface area contributed by atoms with Crippen LogP contribution in [0.3, 0.4) is 0 Å². The van der Waals surface area contributed by atoms with E-state index in [0.717, 1.165) is 12.8 Å². The van der Waals surface area contributed by atoms with E-state index in [0.29, 0.717) is 0 Å². The lowest BCUT2D eigenvalue weighted by molar-refractivity contribution is -0.125. The Morgan fingerprint density at radius 1 is 1.26 bits per heavy atom. The van der Waals surface area contributed by atoms with Gasteiger partial charge in [0, 0.05) is 5.54 Å². The van der Waals surface area contributed by atoms with Crippen molar-refractivity contribution in [2.75, 3.05) is 0 Å². The summed E-state index contributed by atoms with van der Waals surface area (Å²) in [4.78, 5) is 22.7. The van der Waals surface area contributed by atoms with E-state index in [1.807, 2.05) is 18.2 Å². The van der Waals surface area contributed by atoms with E-state index in [9.17, 15) is 9.59 Å². The molecule has 1 aromatic rings. The lowest BCUT2D eigenvalue weighted by atomic mass is 9.94. The molecule has 1 aromatic carbocycles. The molecule has 1 unspecified atom stereocenters. The zero-order valence-electron chi connectivity index (χ0n) is 11.4. The second kappa shape index (κ2) is 5.53. The van der Waals surface area contributed by atoms with Crippen molar-refractivity contribution < 1.29 is 9.59 Å².